The van der Waals surface area contributed by atoms with Gasteiger partial charge in [0.15, 0.2) is 0 Å². The Morgan fingerprint density at radius 2 is 1.83 bits per heavy atom. The Balaban J connectivity index is 1.67. The fourth-order valence-electron chi connectivity index (χ4n) is 3.11. The molecule has 24 heavy (non-hydrogen) atoms. The minimum atomic E-state index is -0.178. The molecule has 4 rings (SSSR count). The summed E-state index contributed by atoms with van der Waals surface area (Å²) in [7, 11) is 0. The Labute approximate surface area is 139 Å². The van der Waals surface area contributed by atoms with Crippen molar-refractivity contribution in [2.24, 2.45) is 0 Å². The van der Waals surface area contributed by atoms with E-state index in [9.17, 15) is 9.59 Å². The fraction of sp³-hybridized carbons (Fsp3) is 0.100. The maximum atomic E-state index is 12.7. The van der Waals surface area contributed by atoms with Gasteiger partial charge in [-0.25, -0.2) is 0 Å². The molecule has 4 nitrogen and oxygen atoms in total. The highest BCUT2D eigenvalue weighted by Gasteiger charge is 2.17. The lowest BCUT2D eigenvalue weighted by Crippen LogP contribution is -2.31. The van der Waals surface area contributed by atoms with Gasteiger partial charge in [-0.05, 0) is 41.0 Å². The molecule has 1 aliphatic rings. The van der Waals surface area contributed by atoms with Crippen molar-refractivity contribution in [1.82, 2.24) is 5.32 Å². The molecule has 0 radical (unpaired) electrons. The van der Waals surface area contributed by atoms with E-state index < -0.39 is 0 Å². The van der Waals surface area contributed by atoms with Crippen molar-refractivity contribution in [3.05, 3.63) is 77.4 Å². The molecule has 0 fully saturated rings. The topological polar surface area (TPSA) is 58.2 Å². The van der Waals surface area contributed by atoms with Crippen molar-refractivity contribution in [1.29, 1.82) is 0 Å². The molecular weight excluding hydrogens is 300 g/mol. The van der Waals surface area contributed by atoms with Gasteiger partial charge in [0.1, 0.15) is 0 Å². The number of amides is 2. The number of carbonyl (C=O) groups is 2. The molecule has 1 aliphatic heterocycles. The molecule has 0 atom stereocenters. The van der Waals surface area contributed by atoms with Crippen molar-refractivity contribution in [2.45, 2.75) is 6.42 Å². The zero-order valence-corrected chi connectivity index (χ0v) is 13.0. The molecule has 0 saturated heterocycles. The maximum Gasteiger partial charge on any atom is 0.256 e. The fourth-order valence-corrected chi connectivity index (χ4v) is 3.11. The van der Waals surface area contributed by atoms with Gasteiger partial charge in [0.25, 0.3) is 11.8 Å². The lowest BCUT2D eigenvalue weighted by molar-refractivity contribution is 0.0944. The van der Waals surface area contributed by atoms with Gasteiger partial charge in [0.2, 0.25) is 0 Å². The van der Waals surface area contributed by atoms with Gasteiger partial charge >= 0.3 is 0 Å². The van der Waals surface area contributed by atoms with Crippen LogP contribution in [0.2, 0.25) is 0 Å². The molecule has 0 aromatic heterocycles. The minimum Gasteiger partial charge on any atom is -0.352 e. The lowest BCUT2D eigenvalue weighted by atomic mass is 9.99. The van der Waals surface area contributed by atoms with Crippen LogP contribution in [0.3, 0.4) is 0 Å². The molecule has 0 aliphatic carbocycles. The number of nitrogens with one attached hydrogen (secondary N) is 2. The molecule has 0 spiro atoms. The van der Waals surface area contributed by atoms with Crippen LogP contribution in [0.15, 0.2) is 60.7 Å². The molecule has 0 bridgehead atoms. The molecule has 4 heteroatoms. The third-order valence-corrected chi connectivity index (χ3v) is 4.33. The number of benzene rings is 3. The Kier molecular flexibility index (Phi) is 3.50. The van der Waals surface area contributed by atoms with Crippen LogP contribution in [-0.2, 0) is 6.42 Å². The monoisotopic (exact) mass is 316 g/mol. The number of anilines is 1. The van der Waals surface area contributed by atoms with Crippen LogP contribution in [0, 0.1) is 0 Å². The van der Waals surface area contributed by atoms with Crippen LogP contribution >= 0.6 is 0 Å². The first-order chi connectivity index (χ1) is 11.7. The largest absolute Gasteiger partial charge is 0.352 e. The van der Waals surface area contributed by atoms with Gasteiger partial charge in [-0.3, -0.25) is 9.59 Å². The number of carbonyl (C=O) groups excluding carboxylic acids is 2. The predicted molar refractivity (Wildman–Crippen MR) is 94.4 cm³/mol. The summed E-state index contributed by atoms with van der Waals surface area (Å²) < 4.78 is 0. The number of rotatable bonds is 2. The highest BCUT2D eigenvalue weighted by atomic mass is 16.2. The maximum absolute atomic E-state index is 12.7. The summed E-state index contributed by atoms with van der Waals surface area (Å²) in [6.07, 6.45) is 0.818. The van der Waals surface area contributed by atoms with E-state index in [0.717, 1.165) is 22.8 Å². The van der Waals surface area contributed by atoms with E-state index in [1.807, 2.05) is 54.6 Å². The molecule has 1 heterocycles. The van der Waals surface area contributed by atoms with Gasteiger partial charge in [-0.2, -0.15) is 0 Å². The van der Waals surface area contributed by atoms with Crippen molar-refractivity contribution >= 4 is 28.3 Å². The Bertz CT molecular complexity index is 958. The molecule has 0 unspecified atom stereocenters. The van der Waals surface area contributed by atoms with E-state index >= 15 is 0 Å². The molecule has 3 aromatic carbocycles. The molecular formula is C20H16N2O2. The number of hydrogen-bond acceptors (Lipinski definition) is 2. The Morgan fingerprint density at radius 3 is 2.75 bits per heavy atom. The SMILES string of the molecule is O=C1NCCc2ccc(NC(=O)c3cccc4ccccc34)cc21. The summed E-state index contributed by atoms with van der Waals surface area (Å²) in [4.78, 5) is 24.6. The van der Waals surface area contributed by atoms with Crippen molar-refractivity contribution in [3.8, 4) is 0 Å². The zero-order valence-electron chi connectivity index (χ0n) is 13.0. The summed E-state index contributed by atoms with van der Waals surface area (Å²) in [5.74, 6) is -0.263. The predicted octanol–water partition coefficient (Wildman–Crippen LogP) is 3.38. The normalized spacial score (nSPS) is 13.2. The van der Waals surface area contributed by atoms with E-state index in [4.69, 9.17) is 0 Å². The third kappa shape index (κ3) is 2.52. The van der Waals surface area contributed by atoms with E-state index in [0.29, 0.717) is 23.4 Å². The highest BCUT2D eigenvalue weighted by Crippen LogP contribution is 2.22. The lowest BCUT2D eigenvalue weighted by Gasteiger charge is -2.17. The van der Waals surface area contributed by atoms with E-state index in [1.54, 1.807) is 6.07 Å². The van der Waals surface area contributed by atoms with E-state index in [1.165, 1.54) is 0 Å². The highest BCUT2D eigenvalue weighted by molar-refractivity contribution is 6.13. The average Bonchev–Trinajstić information content (AvgIpc) is 2.62. The first kappa shape index (κ1) is 14.5. The summed E-state index contributed by atoms with van der Waals surface area (Å²) in [5.41, 5.74) is 2.90. The van der Waals surface area contributed by atoms with Crippen molar-refractivity contribution < 1.29 is 9.59 Å². The standard InChI is InChI=1S/C20H16N2O2/c23-19-18-12-15(9-8-14(18)10-11-21-19)22-20(24)17-7-3-5-13-4-1-2-6-16(13)17/h1-9,12H,10-11H2,(H,21,23)(H,22,24). The summed E-state index contributed by atoms with van der Waals surface area (Å²) in [6.45, 7) is 0.660. The first-order valence-corrected chi connectivity index (χ1v) is 7.92. The average molecular weight is 316 g/mol. The Morgan fingerprint density at radius 1 is 1.00 bits per heavy atom. The van der Waals surface area contributed by atoms with Crippen LogP contribution in [0.4, 0.5) is 5.69 Å². The zero-order chi connectivity index (χ0) is 16.5. The number of hydrogen-bond donors (Lipinski definition) is 2. The van der Waals surface area contributed by atoms with Gasteiger partial charge < -0.3 is 10.6 Å². The third-order valence-electron chi connectivity index (χ3n) is 4.33. The molecule has 0 saturated carbocycles. The van der Waals surface area contributed by atoms with E-state index in [2.05, 4.69) is 10.6 Å². The first-order valence-electron chi connectivity index (χ1n) is 7.92. The van der Waals surface area contributed by atoms with Crippen LogP contribution in [0.5, 0.6) is 0 Å². The van der Waals surface area contributed by atoms with Crippen LogP contribution in [-0.4, -0.2) is 18.4 Å². The summed E-state index contributed by atoms with van der Waals surface area (Å²) in [5, 5.41) is 7.66. The molecule has 2 amide bonds. The summed E-state index contributed by atoms with van der Waals surface area (Å²) in [6, 6.07) is 18.9. The van der Waals surface area contributed by atoms with Gasteiger partial charge in [0.05, 0.1) is 0 Å². The second-order valence-electron chi connectivity index (χ2n) is 5.86. The van der Waals surface area contributed by atoms with Crippen LogP contribution in [0.25, 0.3) is 10.8 Å². The molecule has 118 valence electrons. The van der Waals surface area contributed by atoms with Crippen molar-refractivity contribution in [3.63, 3.8) is 0 Å². The number of fused-ring (bicyclic) bond motifs is 2. The van der Waals surface area contributed by atoms with Crippen molar-refractivity contribution in [2.75, 3.05) is 11.9 Å². The van der Waals surface area contributed by atoms with Gasteiger partial charge in [0, 0.05) is 23.4 Å². The van der Waals surface area contributed by atoms with Crippen LogP contribution < -0.4 is 10.6 Å². The molecule has 3 aromatic rings. The quantitative estimate of drug-likeness (QED) is 0.761. The second-order valence-corrected chi connectivity index (χ2v) is 5.86. The summed E-state index contributed by atoms with van der Waals surface area (Å²) >= 11 is 0. The second kappa shape index (κ2) is 5.81. The van der Waals surface area contributed by atoms with E-state index in [-0.39, 0.29) is 11.8 Å². The van der Waals surface area contributed by atoms with Crippen LogP contribution in [0.1, 0.15) is 26.3 Å². The van der Waals surface area contributed by atoms with Gasteiger partial charge in [-0.1, -0.05) is 42.5 Å². The smallest absolute Gasteiger partial charge is 0.256 e. The van der Waals surface area contributed by atoms with Gasteiger partial charge in [-0.15, -0.1) is 0 Å². The minimum absolute atomic E-state index is 0.0856. The molecule has 2 N–H and O–H groups in total. The Hall–Kier alpha value is -3.14.